The van der Waals surface area contributed by atoms with E-state index in [1.165, 1.54) is 18.2 Å². The van der Waals surface area contributed by atoms with Crippen LogP contribution in [0.2, 0.25) is 0 Å². The Bertz CT molecular complexity index is 883. The van der Waals surface area contributed by atoms with E-state index in [4.69, 9.17) is 10.5 Å². The second-order valence-electron chi connectivity index (χ2n) is 4.11. The molecule has 0 fully saturated rings. The molecule has 1 N–H and O–H groups in total. The van der Waals surface area contributed by atoms with Crippen LogP contribution in [0.15, 0.2) is 45.3 Å². The largest absolute Gasteiger partial charge is 0.451 e. The topological polar surface area (TPSA) is 89.8 Å². The van der Waals surface area contributed by atoms with Crippen LogP contribution in [0.25, 0.3) is 11.0 Å². The van der Waals surface area contributed by atoms with E-state index < -0.39 is 17.4 Å². The van der Waals surface area contributed by atoms with Gasteiger partial charge in [-0.3, -0.25) is 4.79 Å². The number of nitriles is 2. The van der Waals surface area contributed by atoms with Gasteiger partial charge in [-0.25, -0.2) is 0 Å². The second-order valence-corrected chi connectivity index (χ2v) is 4.11. The number of rotatable bonds is 2. The molecule has 5 nitrogen and oxygen atoms in total. The van der Waals surface area contributed by atoms with E-state index in [2.05, 4.69) is 9.73 Å². The molecule has 0 aliphatic rings. The van der Waals surface area contributed by atoms with E-state index in [-0.39, 0.29) is 16.5 Å². The van der Waals surface area contributed by atoms with Gasteiger partial charge in [0, 0.05) is 18.0 Å². The number of nitrogens with zero attached hydrogens (tertiary/aromatic N) is 2. The summed E-state index contributed by atoms with van der Waals surface area (Å²) in [6, 6.07) is 7.45. The van der Waals surface area contributed by atoms with Gasteiger partial charge in [0.15, 0.2) is 5.43 Å². The predicted molar refractivity (Wildman–Crippen MR) is 70.4 cm³/mol. The molecule has 1 aromatic carbocycles. The van der Waals surface area contributed by atoms with E-state index in [0.29, 0.717) is 11.8 Å². The van der Waals surface area contributed by atoms with Crippen molar-refractivity contribution in [1.82, 2.24) is 0 Å². The smallest absolute Gasteiger partial charge is 0.449 e. The molecule has 8 heteroatoms. The fraction of sp³-hybridized carbons (Fsp3) is 0.0714. The van der Waals surface area contributed by atoms with Crippen molar-refractivity contribution in [3.63, 3.8) is 0 Å². The van der Waals surface area contributed by atoms with Crippen molar-refractivity contribution >= 4 is 16.7 Å². The van der Waals surface area contributed by atoms with Crippen molar-refractivity contribution in [2.24, 2.45) is 0 Å². The molecule has 0 amide bonds. The van der Waals surface area contributed by atoms with Crippen LogP contribution in [0, 0.1) is 22.7 Å². The van der Waals surface area contributed by atoms with Gasteiger partial charge in [0.05, 0.1) is 5.39 Å². The number of fused-ring (bicyclic) bond motifs is 1. The minimum absolute atomic E-state index is 0.0538. The first-order valence-corrected chi connectivity index (χ1v) is 5.77. The Kier molecular flexibility index (Phi) is 3.87. The fourth-order valence-electron chi connectivity index (χ4n) is 1.63. The Labute approximate surface area is 121 Å². The molecule has 2 rings (SSSR count). The summed E-state index contributed by atoms with van der Waals surface area (Å²) in [6.07, 6.45) is -3.63. The van der Waals surface area contributed by atoms with Crippen molar-refractivity contribution in [3.05, 3.63) is 52.0 Å². The first-order valence-electron chi connectivity index (χ1n) is 5.77. The van der Waals surface area contributed by atoms with Crippen LogP contribution in [0.5, 0.6) is 0 Å². The van der Waals surface area contributed by atoms with Crippen molar-refractivity contribution in [2.45, 2.75) is 6.18 Å². The Balaban J connectivity index is 2.47. The Hall–Kier alpha value is -3.26. The third kappa shape index (κ3) is 3.07. The maximum Gasteiger partial charge on any atom is 0.449 e. The Morgan fingerprint density at radius 1 is 1.23 bits per heavy atom. The van der Waals surface area contributed by atoms with Gasteiger partial charge < -0.3 is 9.73 Å². The molecule has 0 radical (unpaired) electrons. The molecule has 1 heterocycles. The molecule has 0 spiro atoms. The number of hydrogen-bond acceptors (Lipinski definition) is 5. The van der Waals surface area contributed by atoms with Crippen LogP contribution in [-0.2, 0) is 6.18 Å². The standard InChI is InChI=1S/C14H6F3N3O2/c15-14(16,17)13-4-11(21)10-3-9(1-2-12(10)22-13)20-7-8(5-18)6-19/h1-4,7,20H. The Morgan fingerprint density at radius 2 is 1.91 bits per heavy atom. The summed E-state index contributed by atoms with van der Waals surface area (Å²) in [5.74, 6) is -1.37. The molecule has 0 aliphatic heterocycles. The quantitative estimate of drug-likeness (QED) is 0.861. The fourth-order valence-corrected chi connectivity index (χ4v) is 1.63. The van der Waals surface area contributed by atoms with Gasteiger partial charge in [-0.1, -0.05) is 0 Å². The predicted octanol–water partition coefficient (Wildman–Crippen LogP) is 3.15. The molecule has 2 aromatic rings. The van der Waals surface area contributed by atoms with Crippen LogP contribution in [0.3, 0.4) is 0 Å². The van der Waals surface area contributed by atoms with Gasteiger partial charge in [-0.2, -0.15) is 23.7 Å². The SMILES string of the molecule is N#CC(C#N)=CNc1ccc2oc(C(F)(F)F)cc(=O)c2c1. The zero-order valence-electron chi connectivity index (χ0n) is 10.7. The lowest BCUT2D eigenvalue weighted by atomic mass is 10.2. The average Bonchev–Trinajstić information content (AvgIpc) is 2.47. The number of anilines is 1. The summed E-state index contributed by atoms with van der Waals surface area (Å²) < 4.78 is 42.3. The normalized spacial score (nSPS) is 10.6. The van der Waals surface area contributed by atoms with E-state index in [1.807, 2.05) is 0 Å². The van der Waals surface area contributed by atoms with Crippen LogP contribution in [-0.4, -0.2) is 0 Å². The minimum atomic E-state index is -4.75. The number of halogens is 3. The van der Waals surface area contributed by atoms with Crippen molar-refractivity contribution in [2.75, 3.05) is 5.32 Å². The maximum absolute atomic E-state index is 12.5. The highest BCUT2D eigenvalue weighted by Gasteiger charge is 2.34. The maximum atomic E-state index is 12.5. The first kappa shape index (κ1) is 15.1. The average molecular weight is 305 g/mol. The third-order valence-corrected chi connectivity index (χ3v) is 2.63. The van der Waals surface area contributed by atoms with Crippen LogP contribution < -0.4 is 10.7 Å². The lowest BCUT2D eigenvalue weighted by molar-refractivity contribution is -0.152. The summed E-state index contributed by atoms with van der Waals surface area (Å²) in [5, 5.41) is 19.7. The van der Waals surface area contributed by atoms with E-state index >= 15 is 0 Å². The van der Waals surface area contributed by atoms with Crippen LogP contribution >= 0.6 is 0 Å². The molecule has 0 saturated carbocycles. The third-order valence-electron chi connectivity index (χ3n) is 2.63. The summed E-state index contributed by atoms with van der Waals surface area (Å²) in [7, 11) is 0. The number of nitrogens with one attached hydrogen (secondary N) is 1. The molecule has 1 aromatic heterocycles. The first-order chi connectivity index (χ1) is 10.3. The summed E-state index contributed by atoms with van der Waals surface area (Å²) in [5.41, 5.74) is -0.931. The van der Waals surface area contributed by atoms with E-state index in [0.717, 1.165) is 6.20 Å². The van der Waals surface area contributed by atoms with Gasteiger partial charge in [-0.15, -0.1) is 0 Å². The van der Waals surface area contributed by atoms with E-state index in [9.17, 15) is 18.0 Å². The second kappa shape index (κ2) is 5.62. The summed E-state index contributed by atoms with van der Waals surface area (Å²) in [4.78, 5) is 11.7. The highest BCUT2D eigenvalue weighted by atomic mass is 19.4. The molecule has 0 bridgehead atoms. The molecule has 0 unspecified atom stereocenters. The highest BCUT2D eigenvalue weighted by Crippen LogP contribution is 2.30. The van der Waals surface area contributed by atoms with Gasteiger partial charge >= 0.3 is 6.18 Å². The molecule has 22 heavy (non-hydrogen) atoms. The lowest BCUT2D eigenvalue weighted by Gasteiger charge is -2.07. The number of allylic oxidation sites excluding steroid dienone is 1. The summed E-state index contributed by atoms with van der Waals surface area (Å²) in [6.45, 7) is 0. The number of hydrogen-bond donors (Lipinski definition) is 1. The molecular formula is C14H6F3N3O2. The van der Waals surface area contributed by atoms with Gasteiger partial charge in [-0.05, 0) is 18.2 Å². The highest BCUT2D eigenvalue weighted by molar-refractivity contribution is 5.81. The van der Waals surface area contributed by atoms with Crippen LogP contribution in [0.4, 0.5) is 18.9 Å². The van der Waals surface area contributed by atoms with Crippen LogP contribution in [0.1, 0.15) is 5.76 Å². The van der Waals surface area contributed by atoms with E-state index in [1.54, 1.807) is 12.1 Å². The van der Waals surface area contributed by atoms with Crippen molar-refractivity contribution < 1.29 is 17.6 Å². The van der Waals surface area contributed by atoms with Gasteiger partial charge in [0.25, 0.3) is 0 Å². The number of benzene rings is 1. The molecular weight excluding hydrogens is 299 g/mol. The minimum Gasteiger partial charge on any atom is -0.451 e. The monoisotopic (exact) mass is 305 g/mol. The molecule has 0 atom stereocenters. The lowest BCUT2D eigenvalue weighted by Crippen LogP contribution is -2.11. The Morgan fingerprint density at radius 3 is 2.50 bits per heavy atom. The number of alkyl halides is 3. The van der Waals surface area contributed by atoms with Gasteiger partial charge in [0.1, 0.15) is 23.3 Å². The van der Waals surface area contributed by atoms with Crippen molar-refractivity contribution in [1.29, 1.82) is 10.5 Å². The van der Waals surface area contributed by atoms with Gasteiger partial charge in [0.2, 0.25) is 5.76 Å². The molecule has 0 aliphatic carbocycles. The zero-order valence-corrected chi connectivity index (χ0v) is 10.7. The summed E-state index contributed by atoms with van der Waals surface area (Å²) >= 11 is 0. The molecule has 0 saturated heterocycles. The molecule has 110 valence electrons. The van der Waals surface area contributed by atoms with Crippen molar-refractivity contribution in [3.8, 4) is 12.1 Å². The zero-order chi connectivity index (χ0) is 16.3.